The van der Waals surface area contributed by atoms with Gasteiger partial charge >= 0.3 is 0 Å². The van der Waals surface area contributed by atoms with E-state index in [-0.39, 0.29) is 5.41 Å². The topological polar surface area (TPSA) is 3.24 Å². The Kier molecular flexibility index (Phi) is 8.43. The molecule has 0 spiro atoms. The summed E-state index contributed by atoms with van der Waals surface area (Å²) in [5.74, 6) is 0. The highest BCUT2D eigenvalue weighted by molar-refractivity contribution is 7.26. The standard InChI is InChI=1S/C57H41NS/c1-57(2)53-36-42(38-14-5-3-6-15-38)28-34-49(53)50-35-33-45(37-54(50)57)58(43-29-24-40(25-30-43)47-19-10-9-18-46(47)39-16-7-4-8-17-39)44-31-26-41(27-32-44)48-21-13-22-52-51-20-11-12-23-55(51)59-56(48)52/h3-37H,1-2H3. The molecular weight excluding hydrogens is 731 g/mol. The van der Waals surface area contributed by atoms with Gasteiger partial charge in [-0.25, -0.2) is 0 Å². The van der Waals surface area contributed by atoms with E-state index in [1.807, 2.05) is 11.3 Å². The molecule has 0 amide bonds. The van der Waals surface area contributed by atoms with Gasteiger partial charge in [0, 0.05) is 42.6 Å². The van der Waals surface area contributed by atoms with Crippen molar-refractivity contribution in [3.05, 3.63) is 223 Å². The molecule has 11 rings (SSSR count). The van der Waals surface area contributed by atoms with Crippen molar-refractivity contribution in [1.29, 1.82) is 0 Å². The van der Waals surface area contributed by atoms with Crippen LogP contribution in [0.2, 0.25) is 0 Å². The largest absolute Gasteiger partial charge is 0.310 e. The van der Waals surface area contributed by atoms with Gasteiger partial charge < -0.3 is 4.90 Å². The third-order valence-electron chi connectivity index (χ3n) is 12.3. The van der Waals surface area contributed by atoms with Crippen molar-refractivity contribution < 1.29 is 0 Å². The summed E-state index contributed by atoms with van der Waals surface area (Å²) < 4.78 is 2.66. The van der Waals surface area contributed by atoms with Crippen molar-refractivity contribution in [2.75, 3.05) is 4.90 Å². The van der Waals surface area contributed by atoms with Crippen molar-refractivity contribution in [3.8, 4) is 55.6 Å². The van der Waals surface area contributed by atoms with Gasteiger partial charge in [0.15, 0.2) is 0 Å². The third kappa shape index (κ3) is 5.99. The Morgan fingerprint density at radius 1 is 0.339 bits per heavy atom. The van der Waals surface area contributed by atoms with Crippen LogP contribution in [-0.2, 0) is 5.41 Å². The van der Waals surface area contributed by atoms with Crippen LogP contribution >= 0.6 is 11.3 Å². The van der Waals surface area contributed by atoms with Crippen LogP contribution in [0.15, 0.2) is 212 Å². The minimum atomic E-state index is -0.172. The highest BCUT2D eigenvalue weighted by Crippen LogP contribution is 2.52. The summed E-state index contributed by atoms with van der Waals surface area (Å²) in [5, 5.41) is 2.64. The number of benzene rings is 9. The van der Waals surface area contributed by atoms with Crippen molar-refractivity contribution >= 4 is 48.6 Å². The lowest BCUT2D eigenvalue weighted by atomic mass is 9.81. The zero-order valence-corrected chi connectivity index (χ0v) is 33.9. The third-order valence-corrected chi connectivity index (χ3v) is 13.5. The van der Waals surface area contributed by atoms with E-state index in [1.165, 1.54) is 86.9 Å². The first-order valence-corrected chi connectivity index (χ1v) is 21.2. The molecule has 2 heteroatoms. The van der Waals surface area contributed by atoms with Gasteiger partial charge in [-0.1, -0.05) is 178 Å². The Morgan fingerprint density at radius 2 is 0.814 bits per heavy atom. The molecule has 0 unspecified atom stereocenters. The Balaban J connectivity index is 1.02. The molecule has 280 valence electrons. The van der Waals surface area contributed by atoms with Gasteiger partial charge in [-0.05, 0) is 115 Å². The number of thiophene rings is 1. The van der Waals surface area contributed by atoms with Gasteiger partial charge in [0.05, 0.1) is 0 Å². The molecule has 0 aliphatic heterocycles. The van der Waals surface area contributed by atoms with E-state index in [9.17, 15) is 0 Å². The number of rotatable bonds is 7. The quantitative estimate of drug-likeness (QED) is 0.156. The number of hydrogen-bond donors (Lipinski definition) is 0. The summed E-state index contributed by atoms with van der Waals surface area (Å²) in [5.41, 5.74) is 18.4. The maximum atomic E-state index is 2.43. The van der Waals surface area contributed by atoms with Gasteiger partial charge in [-0.2, -0.15) is 0 Å². The number of fused-ring (bicyclic) bond motifs is 6. The summed E-state index contributed by atoms with van der Waals surface area (Å²) in [7, 11) is 0. The monoisotopic (exact) mass is 771 g/mol. The molecule has 1 aliphatic rings. The van der Waals surface area contributed by atoms with Crippen LogP contribution in [0.3, 0.4) is 0 Å². The minimum Gasteiger partial charge on any atom is -0.310 e. The molecule has 0 N–H and O–H groups in total. The summed E-state index contributed by atoms with van der Waals surface area (Å²) in [6.45, 7) is 4.76. The van der Waals surface area contributed by atoms with Gasteiger partial charge in [0.2, 0.25) is 0 Å². The van der Waals surface area contributed by atoms with E-state index in [2.05, 4.69) is 231 Å². The molecule has 0 fully saturated rings. The van der Waals surface area contributed by atoms with E-state index in [0.717, 1.165) is 17.1 Å². The van der Waals surface area contributed by atoms with Crippen molar-refractivity contribution in [2.24, 2.45) is 0 Å². The maximum absolute atomic E-state index is 2.43. The van der Waals surface area contributed by atoms with Crippen LogP contribution in [0.25, 0.3) is 75.8 Å². The highest BCUT2D eigenvalue weighted by atomic mass is 32.1. The Bertz CT molecular complexity index is 3160. The van der Waals surface area contributed by atoms with Gasteiger partial charge in [0.25, 0.3) is 0 Å². The summed E-state index contributed by atoms with van der Waals surface area (Å²) in [6.07, 6.45) is 0. The average Bonchev–Trinajstić information content (AvgIpc) is 3.79. The Morgan fingerprint density at radius 3 is 1.49 bits per heavy atom. The number of anilines is 3. The van der Waals surface area contributed by atoms with Crippen molar-refractivity contribution in [3.63, 3.8) is 0 Å². The fourth-order valence-corrected chi connectivity index (χ4v) is 10.5. The molecule has 0 radical (unpaired) electrons. The van der Waals surface area contributed by atoms with E-state index in [1.54, 1.807) is 0 Å². The number of hydrogen-bond acceptors (Lipinski definition) is 2. The predicted octanol–water partition coefficient (Wildman–Crippen LogP) is 16.5. The van der Waals surface area contributed by atoms with Crippen molar-refractivity contribution in [1.82, 2.24) is 0 Å². The van der Waals surface area contributed by atoms with E-state index >= 15 is 0 Å². The van der Waals surface area contributed by atoms with Crippen LogP contribution in [0.1, 0.15) is 25.0 Å². The van der Waals surface area contributed by atoms with Crippen LogP contribution < -0.4 is 4.90 Å². The van der Waals surface area contributed by atoms with E-state index in [4.69, 9.17) is 0 Å². The van der Waals surface area contributed by atoms with Crippen LogP contribution in [0.5, 0.6) is 0 Å². The Labute approximate surface area is 350 Å². The van der Waals surface area contributed by atoms with Crippen LogP contribution in [-0.4, -0.2) is 0 Å². The van der Waals surface area contributed by atoms with Gasteiger partial charge in [-0.15, -0.1) is 11.3 Å². The lowest BCUT2D eigenvalue weighted by molar-refractivity contribution is 0.660. The van der Waals surface area contributed by atoms with Crippen LogP contribution in [0, 0.1) is 0 Å². The van der Waals surface area contributed by atoms with E-state index < -0.39 is 0 Å². The zero-order chi connectivity index (χ0) is 39.5. The molecule has 1 aromatic heterocycles. The predicted molar refractivity (Wildman–Crippen MR) is 253 cm³/mol. The Hall–Kier alpha value is -7.00. The fourth-order valence-electron chi connectivity index (χ4n) is 9.28. The van der Waals surface area contributed by atoms with Gasteiger partial charge in [-0.3, -0.25) is 0 Å². The molecule has 0 saturated carbocycles. The fraction of sp³-hybridized carbons (Fsp3) is 0.0526. The molecular formula is C57H41NS. The van der Waals surface area contributed by atoms with E-state index in [0.29, 0.717) is 0 Å². The first-order valence-electron chi connectivity index (χ1n) is 20.4. The molecule has 1 aliphatic carbocycles. The molecule has 1 nitrogen and oxygen atoms in total. The molecule has 0 atom stereocenters. The maximum Gasteiger partial charge on any atom is 0.0465 e. The summed E-state index contributed by atoms with van der Waals surface area (Å²) in [4.78, 5) is 2.42. The second-order valence-corrected chi connectivity index (χ2v) is 17.2. The second-order valence-electron chi connectivity index (χ2n) is 16.1. The van der Waals surface area contributed by atoms with Crippen LogP contribution in [0.4, 0.5) is 17.1 Å². The highest BCUT2D eigenvalue weighted by Gasteiger charge is 2.36. The van der Waals surface area contributed by atoms with Crippen molar-refractivity contribution in [2.45, 2.75) is 19.3 Å². The lowest BCUT2D eigenvalue weighted by Crippen LogP contribution is -2.16. The normalized spacial score (nSPS) is 12.7. The zero-order valence-electron chi connectivity index (χ0n) is 33.1. The average molecular weight is 772 g/mol. The molecule has 10 aromatic rings. The molecule has 0 bridgehead atoms. The smallest absolute Gasteiger partial charge is 0.0465 e. The summed E-state index contributed by atoms with van der Waals surface area (Å²) >= 11 is 1.88. The minimum absolute atomic E-state index is 0.172. The molecule has 9 aromatic carbocycles. The summed E-state index contributed by atoms with van der Waals surface area (Å²) in [6, 6.07) is 78.0. The molecule has 0 saturated heterocycles. The van der Waals surface area contributed by atoms with Gasteiger partial charge in [0.1, 0.15) is 0 Å². The lowest BCUT2D eigenvalue weighted by Gasteiger charge is -2.28. The second kappa shape index (κ2) is 14.1. The molecule has 1 heterocycles. The SMILES string of the molecule is CC1(C)c2cc(-c3ccccc3)ccc2-c2ccc(N(c3ccc(-c4ccccc4-c4ccccc4)cc3)c3ccc(-c4cccc5c4sc4ccccc45)cc3)cc21. The first kappa shape index (κ1) is 35.2. The number of nitrogens with zero attached hydrogens (tertiary/aromatic N) is 1. The molecule has 59 heavy (non-hydrogen) atoms. The first-order chi connectivity index (χ1) is 29.0.